The largest absolute Gasteiger partial charge is 0.354 e. The molecule has 1 aromatic heterocycles. The number of nitrogens with zero attached hydrogens (tertiary/aromatic N) is 1. The molecule has 0 atom stereocenters. The molecule has 8 heteroatoms. The minimum Gasteiger partial charge on any atom is -0.354 e. The Morgan fingerprint density at radius 3 is 2.41 bits per heavy atom. The van der Waals surface area contributed by atoms with Crippen LogP contribution in [0.4, 0.5) is 4.39 Å². The van der Waals surface area contributed by atoms with E-state index in [1.54, 1.807) is 24.3 Å². The molecule has 0 aliphatic carbocycles. The fourth-order valence-corrected chi connectivity index (χ4v) is 2.22. The molecule has 1 aromatic carbocycles. The average molecular weight is 372 g/mol. The van der Waals surface area contributed by atoms with Gasteiger partial charge in [0.1, 0.15) is 12.2 Å². The van der Waals surface area contributed by atoms with Crippen LogP contribution in [0.5, 0.6) is 0 Å². The number of halogens is 1. The first-order valence-electron chi connectivity index (χ1n) is 8.48. The Bertz CT molecular complexity index is 784. The maximum atomic E-state index is 13.4. The van der Waals surface area contributed by atoms with E-state index in [-0.39, 0.29) is 37.5 Å². The fourth-order valence-electron chi connectivity index (χ4n) is 2.22. The number of Topliss-reactive ketones (excluding diaryl/α,β-unsaturated/α-hetero) is 1. The highest BCUT2D eigenvalue weighted by Gasteiger charge is 2.10. The molecule has 3 N–H and O–H groups in total. The Morgan fingerprint density at radius 1 is 0.926 bits per heavy atom. The number of amides is 2. The van der Waals surface area contributed by atoms with E-state index in [4.69, 9.17) is 0 Å². The first kappa shape index (κ1) is 20.2. The van der Waals surface area contributed by atoms with E-state index >= 15 is 0 Å². The summed E-state index contributed by atoms with van der Waals surface area (Å²) in [7, 11) is 0. The molecule has 2 amide bonds. The molecule has 0 saturated heterocycles. The Labute approximate surface area is 156 Å². The van der Waals surface area contributed by atoms with Gasteiger partial charge in [0.2, 0.25) is 11.8 Å². The lowest BCUT2D eigenvalue weighted by atomic mass is 10.1. The van der Waals surface area contributed by atoms with Gasteiger partial charge in [-0.05, 0) is 12.1 Å². The molecule has 0 unspecified atom stereocenters. The van der Waals surface area contributed by atoms with Gasteiger partial charge in [0.05, 0.1) is 18.8 Å². The van der Waals surface area contributed by atoms with Crippen LogP contribution in [-0.2, 0) is 16.1 Å². The highest BCUT2D eigenvalue weighted by molar-refractivity contribution is 5.97. The Kier molecular flexibility index (Phi) is 8.05. The number of carbonyl (C=O) groups is 3. The van der Waals surface area contributed by atoms with Gasteiger partial charge < -0.3 is 16.0 Å². The summed E-state index contributed by atoms with van der Waals surface area (Å²) in [6.07, 6.45) is 1.06. The van der Waals surface area contributed by atoms with E-state index in [0.29, 0.717) is 12.1 Å². The summed E-state index contributed by atoms with van der Waals surface area (Å²) >= 11 is 0. The molecule has 0 aliphatic rings. The van der Waals surface area contributed by atoms with Crippen LogP contribution in [0, 0.1) is 5.82 Å². The minimum absolute atomic E-state index is 0.0388. The van der Waals surface area contributed by atoms with E-state index in [1.165, 1.54) is 18.3 Å². The van der Waals surface area contributed by atoms with E-state index in [1.807, 2.05) is 6.07 Å². The van der Waals surface area contributed by atoms with Crippen molar-refractivity contribution in [1.82, 2.24) is 20.9 Å². The van der Waals surface area contributed by atoms with Gasteiger partial charge in [-0.2, -0.15) is 0 Å². The second kappa shape index (κ2) is 10.8. The highest BCUT2D eigenvalue weighted by Crippen LogP contribution is 2.01. The van der Waals surface area contributed by atoms with Gasteiger partial charge in [0, 0.05) is 24.8 Å². The van der Waals surface area contributed by atoms with Gasteiger partial charge in [-0.15, -0.1) is 0 Å². The number of hydrogen-bond donors (Lipinski definition) is 3. The van der Waals surface area contributed by atoms with Crippen molar-refractivity contribution >= 4 is 17.6 Å². The van der Waals surface area contributed by atoms with Gasteiger partial charge in [-0.25, -0.2) is 4.39 Å². The average Bonchev–Trinajstić information content (AvgIpc) is 2.67. The third-order valence-corrected chi connectivity index (χ3v) is 3.61. The maximum Gasteiger partial charge on any atom is 0.229 e. The topological polar surface area (TPSA) is 100 Å². The monoisotopic (exact) mass is 372 g/mol. The minimum atomic E-state index is -0.523. The standard InChI is InChI=1S/C19H21FN4O3/c20-15-7-4-8-22-16(15)12-24-19(27)11-18(26)23-10-9-21-13-17(25)14-5-2-1-3-6-14/h1-8,21H,9-13H2,(H,23,26)(H,24,27). The predicted octanol–water partition coefficient (Wildman–Crippen LogP) is 0.816. The van der Waals surface area contributed by atoms with Gasteiger partial charge in [-0.3, -0.25) is 19.4 Å². The molecule has 0 fully saturated rings. The number of nitrogens with one attached hydrogen (secondary N) is 3. The van der Waals surface area contributed by atoms with Gasteiger partial charge in [0.15, 0.2) is 5.78 Å². The van der Waals surface area contributed by atoms with Crippen LogP contribution >= 0.6 is 0 Å². The first-order valence-corrected chi connectivity index (χ1v) is 8.48. The zero-order chi connectivity index (χ0) is 19.5. The molecule has 0 bridgehead atoms. The summed E-state index contributed by atoms with van der Waals surface area (Å²) in [6, 6.07) is 11.6. The first-order chi connectivity index (χ1) is 13.1. The third-order valence-electron chi connectivity index (χ3n) is 3.61. The van der Waals surface area contributed by atoms with Crippen molar-refractivity contribution in [2.45, 2.75) is 13.0 Å². The number of rotatable bonds is 10. The van der Waals surface area contributed by atoms with Crippen molar-refractivity contribution in [2.24, 2.45) is 0 Å². The van der Waals surface area contributed by atoms with E-state index in [9.17, 15) is 18.8 Å². The molecule has 2 rings (SSSR count). The summed E-state index contributed by atoms with van der Waals surface area (Å²) in [5.74, 6) is -1.53. The summed E-state index contributed by atoms with van der Waals surface area (Å²) in [6.45, 7) is 0.756. The summed E-state index contributed by atoms with van der Waals surface area (Å²) in [5, 5.41) is 7.95. The molecular weight excluding hydrogens is 351 g/mol. The van der Waals surface area contributed by atoms with E-state index in [2.05, 4.69) is 20.9 Å². The predicted molar refractivity (Wildman–Crippen MR) is 97.3 cm³/mol. The lowest BCUT2D eigenvalue weighted by Crippen LogP contribution is -2.36. The second-order valence-corrected chi connectivity index (χ2v) is 5.70. The molecule has 0 aliphatic heterocycles. The third kappa shape index (κ3) is 7.33. The molecular formula is C19H21FN4O3. The summed E-state index contributed by atoms with van der Waals surface area (Å²) in [4.78, 5) is 39.1. The van der Waals surface area contributed by atoms with E-state index < -0.39 is 17.6 Å². The number of pyridine rings is 1. The van der Waals surface area contributed by atoms with Gasteiger partial charge in [0.25, 0.3) is 0 Å². The SMILES string of the molecule is O=C(CC(=O)NCc1ncccc1F)NCCNCC(=O)c1ccccc1. The number of carbonyl (C=O) groups excluding carboxylic acids is 3. The lowest BCUT2D eigenvalue weighted by Gasteiger charge is -2.08. The maximum absolute atomic E-state index is 13.4. The van der Waals surface area contributed by atoms with E-state index in [0.717, 1.165) is 0 Å². The van der Waals surface area contributed by atoms with Crippen molar-refractivity contribution in [3.05, 3.63) is 65.7 Å². The molecule has 0 spiro atoms. The van der Waals surface area contributed by atoms with Crippen LogP contribution in [0.3, 0.4) is 0 Å². The number of benzene rings is 1. The Balaban J connectivity index is 1.57. The zero-order valence-corrected chi connectivity index (χ0v) is 14.7. The van der Waals surface area contributed by atoms with Gasteiger partial charge in [-0.1, -0.05) is 30.3 Å². The molecule has 7 nitrogen and oxygen atoms in total. The molecule has 1 heterocycles. The molecule has 27 heavy (non-hydrogen) atoms. The van der Waals surface area contributed by atoms with Crippen molar-refractivity contribution in [2.75, 3.05) is 19.6 Å². The molecule has 2 aromatic rings. The quantitative estimate of drug-likeness (QED) is 0.326. The number of aromatic nitrogens is 1. The summed E-state index contributed by atoms with van der Waals surface area (Å²) in [5.41, 5.74) is 0.730. The van der Waals surface area contributed by atoms with Crippen LogP contribution in [0.25, 0.3) is 0 Å². The van der Waals surface area contributed by atoms with Crippen LogP contribution in [0.15, 0.2) is 48.7 Å². The van der Waals surface area contributed by atoms with Gasteiger partial charge >= 0.3 is 0 Å². The fraction of sp³-hybridized carbons (Fsp3) is 0.263. The number of hydrogen-bond acceptors (Lipinski definition) is 5. The van der Waals surface area contributed by atoms with Crippen LogP contribution in [0.2, 0.25) is 0 Å². The Morgan fingerprint density at radius 2 is 1.67 bits per heavy atom. The molecule has 0 saturated carbocycles. The summed E-state index contributed by atoms with van der Waals surface area (Å²) < 4.78 is 13.4. The van der Waals surface area contributed by atoms with Crippen LogP contribution in [0.1, 0.15) is 22.5 Å². The molecule has 0 radical (unpaired) electrons. The number of ketones is 1. The van der Waals surface area contributed by atoms with Crippen LogP contribution in [-0.4, -0.2) is 42.2 Å². The highest BCUT2D eigenvalue weighted by atomic mass is 19.1. The van der Waals surface area contributed by atoms with Crippen LogP contribution < -0.4 is 16.0 Å². The zero-order valence-electron chi connectivity index (χ0n) is 14.7. The van der Waals surface area contributed by atoms with Crippen molar-refractivity contribution in [3.8, 4) is 0 Å². The normalized spacial score (nSPS) is 10.3. The van der Waals surface area contributed by atoms with Crippen molar-refractivity contribution < 1.29 is 18.8 Å². The van der Waals surface area contributed by atoms with Crippen molar-refractivity contribution in [1.29, 1.82) is 0 Å². The van der Waals surface area contributed by atoms with Crippen molar-refractivity contribution in [3.63, 3.8) is 0 Å². The smallest absolute Gasteiger partial charge is 0.229 e. The lowest BCUT2D eigenvalue weighted by molar-refractivity contribution is -0.129. The Hall–Kier alpha value is -3.13. The molecule has 142 valence electrons. The second-order valence-electron chi connectivity index (χ2n) is 5.70.